The molecule has 3 rings (SSSR count). The van der Waals surface area contributed by atoms with Crippen LogP contribution in [0.15, 0.2) is 62.8 Å². The second kappa shape index (κ2) is 9.63. The van der Waals surface area contributed by atoms with Crippen LogP contribution in [0.4, 0.5) is 0 Å². The first-order valence-corrected chi connectivity index (χ1v) is 12.1. The lowest BCUT2D eigenvalue weighted by Crippen LogP contribution is -2.39. The first-order valence-electron chi connectivity index (χ1n) is 9.44. The van der Waals surface area contributed by atoms with Gasteiger partial charge in [0.05, 0.1) is 18.0 Å². The summed E-state index contributed by atoms with van der Waals surface area (Å²) < 4.78 is 31.8. The van der Waals surface area contributed by atoms with Crippen LogP contribution in [0.25, 0.3) is 11.4 Å². The van der Waals surface area contributed by atoms with Crippen molar-refractivity contribution in [2.45, 2.75) is 23.3 Å². The number of hydrogen-bond donors (Lipinski definition) is 0. The van der Waals surface area contributed by atoms with Crippen molar-refractivity contribution in [1.29, 1.82) is 0 Å². The van der Waals surface area contributed by atoms with Gasteiger partial charge in [-0.25, -0.2) is 8.42 Å². The molecule has 0 aliphatic heterocycles. The lowest BCUT2D eigenvalue weighted by atomic mass is 10.1. The quantitative estimate of drug-likeness (QED) is 0.477. The van der Waals surface area contributed by atoms with E-state index in [1.165, 1.54) is 35.8 Å². The summed E-state index contributed by atoms with van der Waals surface area (Å²) in [4.78, 5) is 19.4. The van der Waals surface area contributed by atoms with Gasteiger partial charge in [0.1, 0.15) is 0 Å². The molecule has 0 spiro atoms. The molecule has 10 heteroatoms. The highest BCUT2D eigenvalue weighted by molar-refractivity contribution is 7.98. The number of aromatic nitrogens is 2. The molecule has 1 aromatic heterocycles. The summed E-state index contributed by atoms with van der Waals surface area (Å²) in [6.45, 7) is 1.74. The Hall–Kier alpha value is -2.69. The smallest absolute Gasteiger partial charge is 0.246 e. The molecule has 1 heterocycles. The molecule has 0 saturated heterocycles. The highest BCUT2D eigenvalue weighted by Gasteiger charge is 2.25. The Kier molecular flexibility index (Phi) is 7.14. The fourth-order valence-electron chi connectivity index (χ4n) is 2.84. The van der Waals surface area contributed by atoms with Crippen LogP contribution in [-0.2, 0) is 21.4 Å². The van der Waals surface area contributed by atoms with Gasteiger partial charge in [-0.15, -0.1) is 11.8 Å². The number of carbonyl (C=O) groups excluding carboxylic acids is 1. The van der Waals surface area contributed by atoms with Gasteiger partial charge in [-0.1, -0.05) is 28.9 Å². The molecule has 0 N–H and O–H groups in total. The van der Waals surface area contributed by atoms with Crippen LogP contribution in [0.3, 0.4) is 0 Å². The molecular formula is C21H24N4O4S2. The minimum absolute atomic E-state index is 0.0773. The number of sulfonamides is 1. The zero-order valence-corrected chi connectivity index (χ0v) is 19.4. The van der Waals surface area contributed by atoms with E-state index in [-0.39, 0.29) is 29.8 Å². The van der Waals surface area contributed by atoms with Gasteiger partial charge in [0.25, 0.3) is 0 Å². The van der Waals surface area contributed by atoms with Gasteiger partial charge in [0, 0.05) is 24.6 Å². The minimum Gasteiger partial charge on any atom is -0.337 e. The van der Waals surface area contributed by atoms with E-state index in [0.29, 0.717) is 5.82 Å². The van der Waals surface area contributed by atoms with Crippen LogP contribution in [0.2, 0.25) is 0 Å². The maximum atomic E-state index is 12.7. The number of benzene rings is 2. The third-order valence-electron chi connectivity index (χ3n) is 4.67. The molecule has 3 aromatic rings. The molecular weight excluding hydrogens is 436 g/mol. The molecule has 1 amide bonds. The molecule has 0 atom stereocenters. The topological polar surface area (TPSA) is 96.6 Å². The zero-order valence-electron chi connectivity index (χ0n) is 17.8. The summed E-state index contributed by atoms with van der Waals surface area (Å²) in [6, 6.07) is 14.2. The third kappa shape index (κ3) is 5.52. The molecule has 2 aromatic carbocycles. The van der Waals surface area contributed by atoms with E-state index >= 15 is 0 Å². The van der Waals surface area contributed by atoms with Gasteiger partial charge >= 0.3 is 0 Å². The fourth-order valence-corrected chi connectivity index (χ4v) is 4.36. The first-order chi connectivity index (χ1) is 14.7. The van der Waals surface area contributed by atoms with E-state index in [9.17, 15) is 13.2 Å². The van der Waals surface area contributed by atoms with Crippen molar-refractivity contribution in [2.75, 3.05) is 26.9 Å². The predicted octanol–water partition coefficient (Wildman–Crippen LogP) is 3.05. The Morgan fingerprint density at radius 3 is 2.48 bits per heavy atom. The molecule has 164 valence electrons. The lowest BCUT2D eigenvalue weighted by molar-refractivity contribution is -0.130. The summed E-state index contributed by atoms with van der Waals surface area (Å²) in [5.41, 5.74) is 1.89. The first kappa shape index (κ1) is 23.0. The Balaban J connectivity index is 1.63. The van der Waals surface area contributed by atoms with Crippen molar-refractivity contribution in [1.82, 2.24) is 19.3 Å². The summed E-state index contributed by atoms with van der Waals surface area (Å²) in [6.07, 6.45) is 1.91. The fraction of sp³-hybridized carbons (Fsp3) is 0.286. The number of rotatable bonds is 8. The van der Waals surface area contributed by atoms with Crippen molar-refractivity contribution in [3.05, 3.63) is 60.0 Å². The monoisotopic (exact) mass is 460 g/mol. The van der Waals surface area contributed by atoms with E-state index in [2.05, 4.69) is 10.1 Å². The van der Waals surface area contributed by atoms with Gasteiger partial charge in [-0.2, -0.15) is 9.29 Å². The summed E-state index contributed by atoms with van der Waals surface area (Å²) >= 11 is 1.52. The summed E-state index contributed by atoms with van der Waals surface area (Å²) in [5.74, 6) is 0.320. The number of nitrogens with zero attached hydrogens (tertiary/aromatic N) is 4. The van der Waals surface area contributed by atoms with Crippen molar-refractivity contribution < 1.29 is 17.7 Å². The Labute approximate surface area is 186 Å². The highest BCUT2D eigenvalue weighted by Crippen LogP contribution is 2.20. The maximum absolute atomic E-state index is 12.7. The van der Waals surface area contributed by atoms with Crippen LogP contribution < -0.4 is 0 Å². The van der Waals surface area contributed by atoms with Crippen LogP contribution >= 0.6 is 11.8 Å². The molecule has 0 unspecified atom stereocenters. The van der Waals surface area contributed by atoms with Gasteiger partial charge < -0.3 is 9.42 Å². The van der Waals surface area contributed by atoms with E-state index < -0.39 is 10.0 Å². The molecule has 0 radical (unpaired) electrons. The SMILES string of the molecule is CSc1ccc(S(=O)(=O)N(C)CC(=O)N(C)Cc2nc(-c3cccc(C)c3)no2)cc1. The van der Waals surface area contributed by atoms with Crippen molar-refractivity contribution >= 4 is 27.7 Å². The lowest BCUT2D eigenvalue weighted by Gasteiger charge is -2.21. The van der Waals surface area contributed by atoms with Gasteiger partial charge in [0.15, 0.2) is 0 Å². The van der Waals surface area contributed by atoms with Crippen LogP contribution in [0.1, 0.15) is 11.5 Å². The number of amides is 1. The average Bonchev–Trinajstić information content (AvgIpc) is 3.22. The third-order valence-corrected chi connectivity index (χ3v) is 7.23. The molecule has 0 saturated carbocycles. The second-order valence-electron chi connectivity index (χ2n) is 7.07. The standard InChI is InChI=1S/C21H24N4O4S2/c1-15-6-5-7-16(12-15)21-22-19(29-23-21)13-24(2)20(26)14-25(3)31(27,28)18-10-8-17(30-4)9-11-18/h5-12H,13-14H2,1-4H3. The number of likely N-dealkylation sites (N-methyl/N-ethyl adjacent to an activating group) is 2. The van der Waals surface area contributed by atoms with E-state index in [1.807, 2.05) is 37.4 Å². The van der Waals surface area contributed by atoms with Crippen LogP contribution in [0.5, 0.6) is 0 Å². The molecule has 0 bridgehead atoms. The Bertz CT molecular complexity index is 1160. The molecule has 8 nitrogen and oxygen atoms in total. The van der Waals surface area contributed by atoms with Crippen LogP contribution in [0, 0.1) is 6.92 Å². The average molecular weight is 461 g/mol. The molecule has 0 fully saturated rings. The maximum Gasteiger partial charge on any atom is 0.246 e. The number of thioether (sulfide) groups is 1. The normalized spacial score (nSPS) is 11.6. The van der Waals surface area contributed by atoms with Crippen molar-refractivity contribution in [3.63, 3.8) is 0 Å². The van der Waals surface area contributed by atoms with E-state index in [4.69, 9.17) is 4.52 Å². The molecule has 0 aliphatic carbocycles. The summed E-state index contributed by atoms with van der Waals surface area (Å²) in [7, 11) is -0.833. The second-order valence-corrected chi connectivity index (χ2v) is 9.99. The Morgan fingerprint density at radius 2 is 1.84 bits per heavy atom. The van der Waals surface area contributed by atoms with Gasteiger partial charge in [-0.05, 0) is 43.5 Å². The number of hydrogen-bond acceptors (Lipinski definition) is 7. The van der Waals surface area contributed by atoms with Crippen LogP contribution in [-0.4, -0.2) is 60.6 Å². The number of aryl methyl sites for hydroxylation is 1. The Morgan fingerprint density at radius 1 is 1.13 bits per heavy atom. The van der Waals surface area contributed by atoms with Gasteiger partial charge in [0.2, 0.25) is 27.6 Å². The molecule has 0 aliphatic rings. The highest BCUT2D eigenvalue weighted by atomic mass is 32.2. The van der Waals surface area contributed by atoms with Gasteiger partial charge in [-0.3, -0.25) is 4.79 Å². The molecule has 31 heavy (non-hydrogen) atoms. The van der Waals surface area contributed by atoms with Crippen molar-refractivity contribution in [2.24, 2.45) is 0 Å². The largest absolute Gasteiger partial charge is 0.337 e. The van der Waals surface area contributed by atoms with E-state index in [1.54, 1.807) is 19.2 Å². The van der Waals surface area contributed by atoms with E-state index in [0.717, 1.165) is 20.3 Å². The minimum atomic E-state index is -3.78. The zero-order chi connectivity index (χ0) is 22.6. The predicted molar refractivity (Wildman–Crippen MR) is 119 cm³/mol. The summed E-state index contributed by atoms with van der Waals surface area (Å²) in [5, 5.41) is 3.96. The number of carbonyl (C=O) groups is 1. The van der Waals surface area contributed by atoms with Crippen molar-refractivity contribution in [3.8, 4) is 11.4 Å².